The van der Waals surface area contributed by atoms with Gasteiger partial charge in [0, 0.05) is 45.0 Å². The summed E-state index contributed by atoms with van der Waals surface area (Å²) >= 11 is 0. The summed E-state index contributed by atoms with van der Waals surface area (Å²) in [5, 5.41) is 0. The van der Waals surface area contributed by atoms with Gasteiger partial charge in [0.2, 0.25) is 5.91 Å². The van der Waals surface area contributed by atoms with Crippen molar-refractivity contribution in [3.8, 4) is 0 Å². The molecule has 1 amide bonds. The number of piperidine rings is 2. The fourth-order valence-corrected chi connectivity index (χ4v) is 4.26. The van der Waals surface area contributed by atoms with Gasteiger partial charge in [-0.15, -0.1) is 0 Å². The third-order valence-corrected chi connectivity index (χ3v) is 5.96. The highest BCUT2D eigenvalue weighted by molar-refractivity contribution is 5.85. The minimum absolute atomic E-state index is 0.00954. The van der Waals surface area contributed by atoms with E-state index in [1.807, 2.05) is 35.2 Å². The third-order valence-electron chi connectivity index (χ3n) is 5.96. The van der Waals surface area contributed by atoms with Gasteiger partial charge in [0.15, 0.2) is 0 Å². The minimum atomic E-state index is -0.00954. The van der Waals surface area contributed by atoms with Crippen molar-refractivity contribution in [1.29, 1.82) is 0 Å². The van der Waals surface area contributed by atoms with E-state index in [0.29, 0.717) is 13.0 Å². The van der Waals surface area contributed by atoms with Crippen LogP contribution in [0.4, 0.5) is 0 Å². The van der Waals surface area contributed by atoms with Crippen molar-refractivity contribution in [3.05, 3.63) is 35.9 Å². The number of amides is 1. The molecule has 0 bridgehead atoms. The number of nitrogens with zero attached hydrogens (tertiary/aromatic N) is 2. The summed E-state index contributed by atoms with van der Waals surface area (Å²) in [7, 11) is 1.72. The van der Waals surface area contributed by atoms with E-state index in [9.17, 15) is 9.59 Å². The molecule has 0 saturated carbocycles. The van der Waals surface area contributed by atoms with E-state index in [2.05, 4.69) is 4.90 Å². The number of Topliss-reactive ketones (excluding diaryl/α,β-unsaturated/α-hetero) is 1. The van der Waals surface area contributed by atoms with Gasteiger partial charge < -0.3 is 14.5 Å². The molecular weight excluding hydrogens is 340 g/mol. The Kier molecular flexibility index (Phi) is 7.41. The predicted octanol–water partition coefficient (Wildman–Crippen LogP) is 2.40. The fourth-order valence-electron chi connectivity index (χ4n) is 4.26. The molecule has 0 N–H and O–H groups in total. The number of benzene rings is 1. The van der Waals surface area contributed by atoms with E-state index in [4.69, 9.17) is 4.74 Å². The molecule has 5 heteroatoms. The lowest BCUT2D eigenvalue weighted by Crippen LogP contribution is -2.47. The Balaban J connectivity index is 1.49. The molecule has 0 aliphatic carbocycles. The summed E-state index contributed by atoms with van der Waals surface area (Å²) in [6.45, 7) is 5.02. The summed E-state index contributed by atoms with van der Waals surface area (Å²) in [4.78, 5) is 30.0. The highest BCUT2D eigenvalue weighted by Gasteiger charge is 2.33. The molecule has 0 radical (unpaired) electrons. The van der Waals surface area contributed by atoms with Crippen LogP contribution in [0.15, 0.2) is 30.3 Å². The second-order valence-corrected chi connectivity index (χ2v) is 7.86. The zero-order chi connectivity index (χ0) is 19.1. The Morgan fingerprint density at radius 2 is 1.78 bits per heavy atom. The quantitative estimate of drug-likeness (QED) is 0.737. The topological polar surface area (TPSA) is 49.9 Å². The first-order chi connectivity index (χ1) is 13.2. The van der Waals surface area contributed by atoms with Gasteiger partial charge in [-0.25, -0.2) is 0 Å². The number of hydrogen-bond donors (Lipinski definition) is 0. The monoisotopic (exact) mass is 372 g/mol. The van der Waals surface area contributed by atoms with Crippen LogP contribution in [0.2, 0.25) is 0 Å². The van der Waals surface area contributed by atoms with Crippen molar-refractivity contribution in [2.75, 3.05) is 46.4 Å². The van der Waals surface area contributed by atoms with Gasteiger partial charge in [-0.3, -0.25) is 9.59 Å². The smallest absolute Gasteiger partial charge is 0.225 e. The Morgan fingerprint density at radius 3 is 2.48 bits per heavy atom. The van der Waals surface area contributed by atoms with Crippen molar-refractivity contribution in [2.24, 2.45) is 11.8 Å². The second-order valence-electron chi connectivity index (χ2n) is 7.86. The van der Waals surface area contributed by atoms with E-state index in [0.717, 1.165) is 64.0 Å². The Hall–Kier alpha value is -1.72. The van der Waals surface area contributed by atoms with Crippen LogP contribution in [0.1, 0.15) is 31.2 Å². The molecule has 3 rings (SSSR count). The molecule has 2 fully saturated rings. The fraction of sp³-hybridized carbons (Fsp3) is 0.636. The van der Waals surface area contributed by atoms with Crippen molar-refractivity contribution in [3.63, 3.8) is 0 Å². The van der Waals surface area contributed by atoms with Gasteiger partial charge in [0.05, 0.1) is 6.61 Å². The van der Waals surface area contributed by atoms with E-state index in [1.165, 1.54) is 0 Å². The average molecular weight is 373 g/mol. The van der Waals surface area contributed by atoms with Gasteiger partial charge >= 0.3 is 0 Å². The van der Waals surface area contributed by atoms with Crippen LogP contribution in [0.25, 0.3) is 0 Å². The summed E-state index contributed by atoms with van der Waals surface area (Å²) < 4.78 is 5.14. The van der Waals surface area contributed by atoms with Crippen LogP contribution >= 0.6 is 0 Å². The lowest BCUT2D eigenvalue weighted by atomic mass is 9.88. The predicted molar refractivity (Wildman–Crippen MR) is 105 cm³/mol. The Bertz CT molecular complexity index is 611. The molecule has 1 aromatic rings. The van der Waals surface area contributed by atoms with Crippen LogP contribution < -0.4 is 0 Å². The van der Waals surface area contributed by atoms with E-state index < -0.39 is 0 Å². The van der Waals surface area contributed by atoms with Crippen LogP contribution in [-0.2, 0) is 20.7 Å². The Labute approximate surface area is 162 Å². The highest BCUT2D eigenvalue weighted by Crippen LogP contribution is 2.25. The number of likely N-dealkylation sites (tertiary alicyclic amines) is 2. The molecule has 2 aliphatic heterocycles. The van der Waals surface area contributed by atoms with Crippen molar-refractivity contribution in [2.45, 2.75) is 32.1 Å². The lowest BCUT2D eigenvalue weighted by molar-refractivity contribution is -0.140. The molecule has 27 heavy (non-hydrogen) atoms. The van der Waals surface area contributed by atoms with Crippen LogP contribution in [0.5, 0.6) is 0 Å². The van der Waals surface area contributed by atoms with Crippen molar-refractivity contribution in [1.82, 2.24) is 9.80 Å². The summed E-state index contributed by atoms with van der Waals surface area (Å²) in [5.41, 5.74) is 1.06. The first kappa shape index (κ1) is 20.0. The molecule has 1 aromatic carbocycles. The molecule has 1 atom stereocenters. The van der Waals surface area contributed by atoms with Crippen LogP contribution in [0.3, 0.4) is 0 Å². The molecule has 0 aromatic heterocycles. The SMILES string of the molecule is COCCN1CCC(C(=O)N2CCC[C@@H](C(=O)Cc3ccccc3)C2)CC1. The molecule has 0 spiro atoms. The van der Waals surface area contributed by atoms with E-state index in [1.54, 1.807) is 7.11 Å². The molecule has 0 unspecified atom stereocenters. The zero-order valence-electron chi connectivity index (χ0n) is 16.4. The maximum Gasteiger partial charge on any atom is 0.225 e. The van der Waals surface area contributed by atoms with Gasteiger partial charge in [-0.2, -0.15) is 0 Å². The largest absolute Gasteiger partial charge is 0.383 e. The van der Waals surface area contributed by atoms with Gasteiger partial charge in [0.25, 0.3) is 0 Å². The van der Waals surface area contributed by atoms with Gasteiger partial charge in [0.1, 0.15) is 5.78 Å². The van der Waals surface area contributed by atoms with Crippen molar-refractivity contribution < 1.29 is 14.3 Å². The normalized spacial score (nSPS) is 22.0. The van der Waals surface area contributed by atoms with Crippen LogP contribution in [0, 0.1) is 11.8 Å². The first-order valence-electron chi connectivity index (χ1n) is 10.2. The standard InChI is InChI=1S/C22H32N2O3/c1-27-15-14-23-12-9-19(10-13-23)22(26)24-11-5-8-20(17-24)21(25)16-18-6-3-2-4-7-18/h2-4,6-7,19-20H,5,8-17H2,1H3/t20-/m1/s1. The number of ketones is 1. The van der Waals surface area contributed by atoms with Crippen molar-refractivity contribution >= 4 is 11.7 Å². The number of methoxy groups -OCH3 is 1. The summed E-state index contributed by atoms with van der Waals surface area (Å²) in [6, 6.07) is 9.91. The van der Waals surface area contributed by atoms with Gasteiger partial charge in [-0.1, -0.05) is 30.3 Å². The average Bonchev–Trinajstić information content (AvgIpc) is 2.73. The van der Waals surface area contributed by atoms with Crippen LogP contribution in [-0.4, -0.2) is 67.9 Å². The molecule has 148 valence electrons. The number of ether oxygens (including phenoxy) is 1. The maximum absolute atomic E-state index is 13.0. The summed E-state index contributed by atoms with van der Waals surface area (Å²) in [5.74, 6) is 0.642. The third kappa shape index (κ3) is 5.63. The molecule has 2 saturated heterocycles. The number of rotatable bonds is 7. The molecule has 5 nitrogen and oxygen atoms in total. The van der Waals surface area contributed by atoms with E-state index in [-0.39, 0.29) is 23.5 Å². The molecular formula is C22H32N2O3. The number of hydrogen-bond acceptors (Lipinski definition) is 4. The summed E-state index contributed by atoms with van der Waals surface area (Å²) in [6.07, 6.45) is 4.16. The highest BCUT2D eigenvalue weighted by atomic mass is 16.5. The number of carbonyl (C=O) groups is 2. The van der Waals surface area contributed by atoms with Gasteiger partial charge in [-0.05, 0) is 44.3 Å². The Morgan fingerprint density at radius 1 is 1.04 bits per heavy atom. The lowest BCUT2D eigenvalue weighted by Gasteiger charge is -2.37. The molecule has 2 aliphatic rings. The van der Waals surface area contributed by atoms with E-state index >= 15 is 0 Å². The first-order valence-corrected chi connectivity index (χ1v) is 10.2. The second kappa shape index (κ2) is 10.00. The zero-order valence-corrected chi connectivity index (χ0v) is 16.4. The minimum Gasteiger partial charge on any atom is -0.383 e. The molecule has 2 heterocycles. The number of carbonyl (C=O) groups excluding carboxylic acids is 2. The maximum atomic E-state index is 13.0.